The summed E-state index contributed by atoms with van der Waals surface area (Å²) in [5, 5.41) is 11.2. The number of rotatable bonds is 4. The number of benzene rings is 2. The van der Waals surface area contributed by atoms with Crippen molar-refractivity contribution in [1.82, 2.24) is 15.1 Å². The molecule has 3 rings (SSSR count). The van der Waals surface area contributed by atoms with Crippen LogP contribution < -0.4 is 10.6 Å². The Morgan fingerprint density at radius 3 is 2.32 bits per heavy atom. The van der Waals surface area contributed by atoms with Crippen LogP contribution in [0.3, 0.4) is 0 Å². The fraction of sp³-hybridized carbons (Fsp3) is 0.273. The number of aryl methyl sites for hydroxylation is 1. The first-order chi connectivity index (χ1) is 13.2. The fourth-order valence-electron chi connectivity index (χ4n) is 2.66. The molecule has 28 heavy (non-hydrogen) atoms. The lowest BCUT2D eigenvalue weighted by molar-refractivity contribution is 0.251. The number of nitrogens with zero attached hydrogens (tertiary/aromatic N) is 2. The number of anilines is 1. The van der Waals surface area contributed by atoms with Gasteiger partial charge in [-0.15, -0.1) is 0 Å². The van der Waals surface area contributed by atoms with Crippen LogP contribution in [0.2, 0.25) is 5.02 Å². The van der Waals surface area contributed by atoms with Crippen molar-refractivity contribution in [3.63, 3.8) is 0 Å². The maximum Gasteiger partial charge on any atom is 0.320 e. The van der Waals surface area contributed by atoms with Gasteiger partial charge in [-0.25, -0.2) is 9.48 Å². The Morgan fingerprint density at radius 1 is 1.07 bits per heavy atom. The third-order valence-corrected chi connectivity index (χ3v) is 4.62. The number of nitrogens with one attached hydrogen (secondary N) is 2. The SMILES string of the molecule is Cc1ccc(-n2nc(C(C)(C)C)cc2NC(=O)NCc2ccc(Cl)cc2)cc1. The van der Waals surface area contributed by atoms with Crippen molar-refractivity contribution in [2.24, 2.45) is 0 Å². The Balaban J connectivity index is 1.79. The summed E-state index contributed by atoms with van der Waals surface area (Å²) in [7, 11) is 0. The van der Waals surface area contributed by atoms with Crippen LogP contribution in [-0.2, 0) is 12.0 Å². The molecule has 2 aromatic carbocycles. The summed E-state index contributed by atoms with van der Waals surface area (Å²) >= 11 is 5.90. The second kappa shape index (κ2) is 8.07. The number of hydrogen-bond donors (Lipinski definition) is 2. The minimum Gasteiger partial charge on any atom is -0.334 e. The van der Waals surface area contributed by atoms with E-state index < -0.39 is 0 Å². The molecular weight excluding hydrogens is 372 g/mol. The van der Waals surface area contributed by atoms with E-state index in [1.54, 1.807) is 16.8 Å². The molecule has 0 unspecified atom stereocenters. The molecule has 6 heteroatoms. The Kier molecular flexibility index (Phi) is 5.75. The lowest BCUT2D eigenvalue weighted by Crippen LogP contribution is -2.29. The van der Waals surface area contributed by atoms with Gasteiger partial charge in [0, 0.05) is 23.0 Å². The maximum atomic E-state index is 12.5. The number of hydrogen-bond acceptors (Lipinski definition) is 2. The summed E-state index contributed by atoms with van der Waals surface area (Å²) in [6.07, 6.45) is 0. The van der Waals surface area contributed by atoms with Gasteiger partial charge in [0.25, 0.3) is 0 Å². The molecule has 0 atom stereocenters. The van der Waals surface area contributed by atoms with Gasteiger partial charge in [0.15, 0.2) is 0 Å². The largest absolute Gasteiger partial charge is 0.334 e. The van der Waals surface area contributed by atoms with Crippen molar-refractivity contribution in [3.8, 4) is 5.69 Å². The first-order valence-electron chi connectivity index (χ1n) is 9.19. The quantitative estimate of drug-likeness (QED) is 0.615. The Bertz CT molecular complexity index is 954. The van der Waals surface area contributed by atoms with Crippen LogP contribution in [0.15, 0.2) is 54.6 Å². The molecule has 0 saturated carbocycles. The minimum atomic E-state index is -0.288. The van der Waals surface area contributed by atoms with Crippen LogP contribution in [-0.4, -0.2) is 15.8 Å². The van der Waals surface area contributed by atoms with Gasteiger partial charge in [-0.05, 0) is 36.8 Å². The molecule has 0 aliphatic carbocycles. The zero-order valence-electron chi connectivity index (χ0n) is 16.6. The van der Waals surface area contributed by atoms with Gasteiger partial charge in [-0.1, -0.05) is 62.2 Å². The average Bonchev–Trinajstić information content (AvgIpc) is 3.06. The zero-order valence-corrected chi connectivity index (χ0v) is 17.3. The maximum absolute atomic E-state index is 12.5. The molecule has 3 aromatic rings. The number of aromatic nitrogens is 2. The molecular formula is C22H25ClN4O. The van der Waals surface area contributed by atoms with Crippen LogP contribution in [0.5, 0.6) is 0 Å². The van der Waals surface area contributed by atoms with Crippen molar-refractivity contribution >= 4 is 23.4 Å². The van der Waals surface area contributed by atoms with Gasteiger partial charge in [-0.2, -0.15) is 5.10 Å². The lowest BCUT2D eigenvalue weighted by atomic mass is 9.92. The molecule has 2 N–H and O–H groups in total. The second-order valence-corrected chi connectivity index (χ2v) is 8.28. The van der Waals surface area contributed by atoms with Crippen molar-refractivity contribution in [2.45, 2.75) is 39.7 Å². The summed E-state index contributed by atoms with van der Waals surface area (Å²) in [5.74, 6) is 0.627. The minimum absolute atomic E-state index is 0.133. The van der Waals surface area contributed by atoms with Crippen LogP contribution in [0, 0.1) is 6.92 Å². The highest BCUT2D eigenvalue weighted by atomic mass is 35.5. The summed E-state index contributed by atoms with van der Waals surface area (Å²) < 4.78 is 1.77. The Labute approximate surface area is 170 Å². The van der Waals surface area contributed by atoms with Crippen LogP contribution >= 0.6 is 11.6 Å². The fourth-order valence-corrected chi connectivity index (χ4v) is 2.79. The van der Waals surface area contributed by atoms with E-state index in [1.165, 1.54) is 5.56 Å². The standard InChI is InChI=1S/C22H25ClN4O/c1-15-5-11-18(12-6-15)27-20(13-19(26-27)22(2,3)4)25-21(28)24-14-16-7-9-17(23)10-8-16/h5-13H,14H2,1-4H3,(H2,24,25,28). The highest BCUT2D eigenvalue weighted by Gasteiger charge is 2.21. The zero-order chi connectivity index (χ0) is 20.3. The highest BCUT2D eigenvalue weighted by molar-refractivity contribution is 6.30. The Hall–Kier alpha value is -2.79. The molecule has 0 saturated heterocycles. The van der Waals surface area contributed by atoms with Crippen molar-refractivity contribution < 1.29 is 4.79 Å². The van der Waals surface area contributed by atoms with Crippen LogP contribution in [0.4, 0.5) is 10.6 Å². The molecule has 0 bridgehead atoms. The smallest absolute Gasteiger partial charge is 0.320 e. The predicted molar refractivity (Wildman–Crippen MR) is 114 cm³/mol. The molecule has 2 amide bonds. The van der Waals surface area contributed by atoms with E-state index in [4.69, 9.17) is 16.7 Å². The van der Waals surface area contributed by atoms with Gasteiger partial charge in [0.05, 0.1) is 11.4 Å². The third kappa shape index (κ3) is 4.93. The van der Waals surface area contributed by atoms with E-state index >= 15 is 0 Å². The normalized spacial score (nSPS) is 11.3. The molecule has 1 aromatic heterocycles. The predicted octanol–water partition coefficient (Wildman–Crippen LogP) is 5.45. The van der Waals surface area contributed by atoms with Gasteiger partial charge in [0.1, 0.15) is 5.82 Å². The van der Waals surface area contributed by atoms with E-state index in [0.717, 1.165) is 16.9 Å². The van der Waals surface area contributed by atoms with Gasteiger partial charge < -0.3 is 5.32 Å². The number of halogens is 1. The topological polar surface area (TPSA) is 59.0 Å². The monoisotopic (exact) mass is 396 g/mol. The van der Waals surface area contributed by atoms with E-state index in [-0.39, 0.29) is 11.4 Å². The van der Waals surface area contributed by atoms with E-state index in [9.17, 15) is 4.79 Å². The molecule has 5 nitrogen and oxygen atoms in total. The van der Waals surface area contributed by atoms with Gasteiger partial charge in [-0.3, -0.25) is 5.32 Å². The van der Waals surface area contributed by atoms with Gasteiger partial charge in [0.2, 0.25) is 0 Å². The van der Waals surface area contributed by atoms with E-state index in [2.05, 4.69) is 31.4 Å². The molecule has 0 aliphatic heterocycles. The van der Waals surface area contributed by atoms with E-state index in [1.807, 2.05) is 49.4 Å². The summed E-state index contributed by atoms with van der Waals surface area (Å²) in [6.45, 7) is 8.74. The first-order valence-corrected chi connectivity index (χ1v) is 9.57. The number of carbonyl (C=O) groups is 1. The molecule has 0 radical (unpaired) electrons. The summed E-state index contributed by atoms with van der Waals surface area (Å²) in [4.78, 5) is 12.5. The van der Waals surface area contributed by atoms with Crippen molar-refractivity contribution in [1.29, 1.82) is 0 Å². The average molecular weight is 397 g/mol. The van der Waals surface area contributed by atoms with Crippen LogP contribution in [0.25, 0.3) is 5.69 Å². The highest BCUT2D eigenvalue weighted by Crippen LogP contribution is 2.26. The second-order valence-electron chi connectivity index (χ2n) is 7.85. The van der Waals surface area contributed by atoms with E-state index in [0.29, 0.717) is 17.4 Å². The van der Waals surface area contributed by atoms with Crippen molar-refractivity contribution in [2.75, 3.05) is 5.32 Å². The summed E-state index contributed by atoms with van der Waals surface area (Å²) in [6, 6.07) is 17.0. The number of urea groups is 1. The molecule has 0 spiro atoms. The molecule has 0 aliphatic rings. The lowest BCUT2D eigenvalue weighted by Gasteiger charge is -2.14. The van der Waals surface area contributed by atoms with Gasteiger partial charge >= 0.3 is 6.03 Å². The third-order valence-electron chi connectivity index (χ3n) is 4.36. The first kappa shape index (κ1) is 20.0. The number of amides is 2. The van der Waals surface area contributed by atoms with Crippen molar-refractivity contribution in [3.05, 3.63) is 76.4 Å². The molecule has 0 fully saturated rings. The summed E-state index contributed by atoms with van der Waals surface area (Å²) in [5.41, 5.74) is 3.81. The number of carbonyl (C=O) groups excluding carboxylic acids is 1. The van der Waals surface area contributed by atoms with Crippen LogP contribution in [0.1, 0.15) is 37.6 Å². The molecule has 1 heterocycles. The molecule has 146 valence electrons. The Morgan fingerprint density at radius 2 is 1.71 bits per heavy atom.